The van der Waals surface area contributed by atoms with Crippen LogP contribution in [-0.4, -0.2) is 20.7 Å². The van der Waals surface area contributed by atoms with Crippen LogP contribution >= 0.6 is 11.8 Å². The van der Waals surface area contributed by atoms with Crippen molar-refractivity contribution in [1.29, 1.82) is 0 Å². The van der Waals surface area contributed by atoms with Crippen LogP contribution in [0.2, 0.25) is 0 Å². The highest BCUT2D eigenvalue weighted by atomic mass is 32.2. The number of benzene rings is 1. The number of thioether (sulfide) groups is 1. The average Bonchev–Trinajstić information content (AvgIpc) is 2.35. The molecule has 0 radical (unpaired) electrons. The minimum absolute atomic E-state index is 0.0507. The van der Waals surface area contributed by atoms with Gasteiger partial charge < -0.3 is 0 Å². The molecule has 3 nitrogen and oxygen atoms in total. The van der Waals surface area contributed by atoms with Crippen molar-refractivity contribution >= 4 is 21.8 Å². The summed E-state index contributed by atoms with van der Waals surface area (Å²) in [6, 6.07) is 6.93. The molecular weight excluding hydrogens is 278 g/mol. The predicted octanol–water partition coefficient (Wildman–Crippen LogP) is 3.37. The molecule has 0 atom stereocenters. The summed E-state index contributed by atoms with van der Waals surface area (Å²) in [4.78, 5) is 1.39. The van der Waals surface area contributed by atoms with E-state index in [0.717, 1.165) is 4.90 Å². The Kier molecular flexibility index (Phi) is 5.89. The zero-order valence-corrected chi connectivity index (χ0v) is 13.8. The molecule has 0 fully saturated rings. The second-order valence-corrected chi connectivity index (χ2v) is 7.90. The van der Waals surface area contributed by atoms with Crippen LogP contribution in [0.4, 0.5) is 0 Å². The highest BCUT2D eigenvalue weighted by Crippen LogP contribution is 2.20. The summed E-state index contributed by atoms with van der Waals surface area (Å²) < 4.78 is 27.5. The molecule has 0 spiro atoms. The molecule has 0 amide bonds. The molecule has 0 bridgehead atoms. The monoisotopic (exact) mass is 301 g/mol. The Morgan fingerprint density at radius 3 is 1.84 bits per heavy atom. The van der Waals surface area contributed by atoms with Crippen molar-refractivity contribution in [2.45, 2.75) is 43.5 Å². The quantitative estimate of drug-likeness (QED) is 0.819. The molecule has 5 heteroatoms. The summed E-state index contributed by atoms with van der Waals surface area (Å²) in [6.45, 7) is 8.13. The molecule has 0 aliphatic heterocycles. The van der Waals surface area contributed by atoms with E-state index >= 15 is 0 Å². The molecule has 1 rings (SSSR count). The third kappa shape index (κ3) is 4.51. The van der Waals surface area contributed by atoms with E-state index in [4.69, 9.17) is 0 Å². The summed E-state index contributed by atoms with van der Waals surface area (Å²) in [5.74, 6) is 0.528. The largest absolute Gasteiger partial charge is 0.240 e. The van der Waals surface area contributed by atoms with Crippen molar-refractivity contribution in [3.8, 4) is 0 Å². The van der Waals surface area contributed by atoms with E-state index in [2.05, 4.69) is 4.72 Å². The first-order valence-corrected chi connectivity index (χ1v) is 9.15. The van der Waals surface area contributed by atoms with Gasteiger partial charge in [0.25, 0.3) is 0 Å². The molecule has 0 aliphatic carbocycles. The van der Waals surface area contributed by atoms with Crippen LogP contribution in [0.1, 0.15) is 27.7 Å². The first kappa shape index (κ1) is 16.5. The van der Waals surface area contributed by atoms with Crippen molar-refractivity contribution in [2.75, 3.05) is 6.26 Å². The third-order valence-corrected chi connectivity index (χ3v) is 5.32. The van der Waals surface area contributed by atoms with Crippen LogP contribution < -0.4 is 4.72 Å². The smallest absolute Gasteiger partial charge is 0.208 e. The van der Waals surface area contributed by atoms with Gasteiger partial charge in [0.1, 0.15) is 0 Å². The van der Waals surface area contributed by atoms with Gasteiger partial charge in [-0.15, -0.1) is 11.8 Å². The maximum absolute atomic E-state index is 12.3. The molecule has 0 aliphatic rings. The molecule has 19 heavy (non-hydrogen) atoms. The average molecular weight is 301 g/mol. The van der Waals surface area contributed by atoms with Crippen LogP contribution in [0.15, 0.2) is 34.1 Å². The van der Waals surface area contributed by atoms with Gasteiger partial charge in [0.2, 0.25) is 10.0 Å². The Labute approximate surface area is 121 Å². The SMILES string of the molecule is CSc1ccc(S(=O)(=O)NC(C(C)C)C(C)C)cc1. The van der Waals surface area contributed by atoms with Crippen molar-refractivity contribution < 1.29 is 8.42 Å². The summed E-state index contributed by atoms with van der Waals surface area (Å²) in [5, 5.41) is 0. The molecule has 0 aromatic heterocycles. The number of rotatable bonds is 6. The number of sulfonamides is 1. The Balaban J connectivity index is 2.96. The fraction of sp³-hybridized carbons (Fsp3) is 0.571. The lowest BCUT2D eigenvalue weighted by molar-refractivity contribution is 0.355. The predicted molar refractivity (Wildman–Crippen MR) is 82.0 cm³/mol. The molecule has 0 unspecified atom stereocenters. The Morgan fingerprint density at radius 1 is 1.00 bits per heavy atom. The Hall–Kier alpha value is -0.520. The van der Waals surface area contributed by atoms with Crippen LogP contribution in [0.5, 0.6) is 0 Å². The van der Waals surface area contributed by atoms with Gasteiger partial charge in [-0.25, -0.2) is 13.1 Å². The van der Waals surface area contributed by atoms with Gasteiger partial charge in [-0.2, -0.15) is 0 Å². The molecule has 1 aromatic carbocycles. The van der Waals surface area contributed by atoms with Gasteiger partial charge in [-0.1, -0.05) is 27.7 Å². The molecule has 0 saturated heterocycles. The summed E-state index contributed by atoms with van der Waals surface area (Å²) in [6.07, 6.45) is 1.97. The van der Waals surface area contributed by atoms with Crippen molar-refractivity contribution in [3.05, 3.63) is 24.3 Å². The maximum atomic E-state index is 12.3. The number of nitrogens with one attached hydrogen (secondary N) is 1. The summed E-state index contributed by atoms with van der Waals surface area (Å²) in [5.41, 5.74) is 0. The van der Waals surface area contributed by atoms with Crippen molar-refractivity contribution in [1.82, 2.24) is 4.72 Å². The zero-order chi connectivity index (χ0) is 14.6. The van der Waals surface area contributed by atoms with E-state index in [1.54, 1.807) is 23.9 Å². The van der Waals surface area contributed by atoms with E-state index in [1.165, 1.54) is 0 Å². The third-order valence-electron chi connectivity index (χ3n) is 3.10. The van der Waals surface area contributed by atoms with Crippen molar-refractivity contribution in [2.24, 2.45) is 11.8 Å². The van der Waals surface area contributed by atoms with Gasteiger partial charge in [0.05, 0.1) is 4.90 Å². The van der Waals surface area contributed by atoms with Crippen LogP contribution in [0.3, 0.4) is 0 Å². The topological polar surface area (TPSA) is 46.2 Å². The van der Waals surface area contributed by atoms with Gasteiger partial charge in [-0.05, 0) is 42.4 Å². The highest BCUT2D eigenvalue weighted by molar-refractivity contribution is 7.98. The highest BCUT2D eigenvalue weighted by Gasteiger charge is 2.24. The zero-order valence-electron chi connectivity index (χ0n) is 12.2. The number of hydrogen-bond acceptors (Lipinski definition) is 3. The van der Waals surface area contributed by atoms with E-state index < -0.39 is 10.0 Å². The van der Waals surface area contributed by atoms with Crippen LogP contribution in [0, 0.1) is 11.8 Å². The molecular formula is C14H23NO2S2. The Bertz CT molecular complexity index is 485. The van der Waals surface area contributed by atoms with E-state index in [0.29, 0.717) is 4.90 Å². The first-order valence-electron chi connectivity index (χ1n) is 6.44. The van der Waals surface area contributed by atoms with Gasteiger partial charge in [0.15, 0.2) is 0 Å². The fourth-order valence-electron chi connectivity index (χ4n) is 2.04. The van der Waals surface area contributed by atoms with E-state index in [1.807, 2.05) is 46.1 Å². The van der Waals surface area contributed by atoms with Gasteiger partial charge in [-0.3, -0.25) is 0 Å². The lowest BCUT2D eigenvalue weighted by atomic mass is 9.94. The first-order chi connectivity index (χ1) is 8.77. The van der Waals surface area contributed by atoms with E-state index in [-0.39, 0.29) is 17.9 Å². The normalized spacial score (nSPS) is 12.6. The lowest BCUT2D eigenvalue weighted by Crippen LogP contribution is -2.42. The molecule has 0 heterocycles. The second kappa shape index (κ2) is 6.77. The maximum Gasteiger partial charge on any atom is 0.240 e. The molecule has 1 N–H and O–H groups in total. The fourth-order valence-corrected chi connectivity index (χ4v) is 3.99. The molecule has 108 valence electrons. The van der Waals surface area contributed by atoms with Crippen LogP contribution in [-0.2, 0) is 10.0 Å². The van der Waals surface area contributed by atoms with Gasteiger partial charge in [0, 0.05) is 10.9 Å². The minimum atomic E-state index is -3.43. The second-order valence-electron chi connectivity index (χ2n) is 5.31. The summed E-state index contributed by atoms with van der Waals surface area (Å²) in [7, 11) is -3.43. The number of hydrogen-bond donors (Lipinski definition) is 1. The molecule has 1 aromatic rings. The summed E-state index contributed by atoms with van der Waals surface area (Å²) >= 11 is 1.60. The van der Waals surface area contributed by atoms with Crippen molar-refractivity contribution in [3.63, 3.8) is 0 Å². The standard InChI is InChI=1S/C14H23NO2S2/c1-10(2)14(11(3)4)15-19(16,17)13-8-6-12(18-5)7-9-13/h6-11,14-15H,1-5H3. The lowest BCUT2D eigenvalue weighted by Gasteiger charge is -2.25. The van der Waals surface area contributed by atoms with E-state index in [9.17, 15) is 8.42 Å². The van der Waals surface area contributed by atoms with Gasteiger partial charge >= 0.3 is 0 Å². The molecule has 0 saturated carbocycles. The minimum Gasteiger partial charge on any atom is -0.208 e. The Morgan fingerprint density at radius 2 is 1.47 bits per heavy atom. The van der Waals surface area contributed by atoms with Crippen LogP contribution in [0.25, 0.3) is 0 Å².